The highest BCUT2D eigenvalue weighted by Crippen LogP contribution is 2.29. The number of sulfonamides is 1. The maximum absolute atomic E-state index is 12.8. The lowest BCUT2D eigenvalue weighted by molar-refractivity contribution is -0.141. The molecule has 156 valence electrons. The fraction of sp³-hybridized carbons (Fsp3) is 0.294. The molecule has 1 amide bonds. The first-order chi connectivity index (χ1) is 13.5. The summed E-state index contributed by atoms with van der Waals surface area (Å²) in [6.45, 7) is 0.143. The van der Waals surface area contributed by atoms with E-state index in [4.69, 9.17) is 23.2 Å². The molecule has 0 saturated carbocycles. The minimum Gasteiger partial charge on any atom is -0.336 e. The monoisotopic (exact) mass is 467 g/mol. The summed E-state index contributed by atoms with van der Waals surface area (Å²) in [5, 5.41) is 0.250. The number of halogens is 5. The molecular formula is C17H14Cl2F3N3O3S. The van der Waals surface area contributed by atoms with Gasteiger partial charge < -0.3 is 4.90 Å². The standard InChI is InChI=1S/C17H14Cl2F3N3O3S/c18-12-2-3-13(19)14(9-12)29(27,28)25-7-5-24(6-8-25)16(26)11-1-4-15(23-10-11)17(20,21)22/h1-4,9-10H,5-8H2. The number of pyridine rings is 1. The highest BCUT2D eigenvalue weighted by atomic mass is 35.5. The van der Waals surface area contributed by atoms with E-state index in [1.807, 2.05) is 0 Å². The number of alkyl halides is 3. The van der Waals surface area contributed by atoms with Crippen LogP contribution in [0.5, 0.6) is 0 Å². The molecule has 0 aliphatic carbocycles. The maximum Gasteiger partial charge on any atom is 0.433 e. The molecule has 0 unspecified atom stereocenters. The van der Waals surface area contributed by atoms with E-state index in [2.05, 4.69) is 4.98 Å². The second-order valence-electron chi connectivity index (χ2n) is 6.20. The number of rotatable bonds is 3. The first-order valence-corrected chi connectivity index (χ1v) is 10.5. The van der Waals surface area contributed by atoms with E-state index >= 15 is 0 Å². The largest absolute Gasteiger partial charge is 0.433 e. The molecule has 0 spiro atoms. The molecule has 1 fully saturated rings. The van der Waals surface area contributed by atoms with Crippen LogP contribution in [0, 0.1) is 0 Å². The average Bonchev–Trinajstić information content (AvgIpc) is 2.68. The van der Waals surface area contributed by atoms with E-state index in [0.717, 1.165) is 18.3 Å². The van der Waals surface area contributed by atoms with Gasteiger partial charge in [0.2, 0.25) is 10.0 Å². The summed E-state index contributed by atoms with van der Waals surface area (Å²) >= 11 is 11.9. The van der Waals surface area contributed by atoms with Crippen molar-refractivity contribution < 1.29 is 26.4 Å². The summed E-state index contributed by atoms with van der Waals surface area (Å²) in [7, 11) is -3.91. The molecular weight excluding hydrogens is 454 g/mol. The quantitative estimate of drug-likeness (QED) is 0.691. The molecule has 1 aliphatic rings. The van der Waals surface area contributed by atoms with Gasteiger partial charge in [0.25, 0.3) is 5.91 Å². The number of benzene rings is 1. The van der Waals surface area contributed by atoms with Gasteiger partial charge in [-0.05, 0) is 30.3 Å². The summed E-state index contributed by atoms with van der Waals surface area (Å²) in [5.41, 5.74) is -1.10. The van der Waals surface area contributed by atoms with Gasteiger partial charge in [0.05, 0.1) is 10.6 Å². The van der Waals surface area contributed by atoms with Crippen molar-refractivity contribution in [1.82, 2.24) is 14.2 Å². The van der Waals surface area contributed by atoms with E-state index in [1.165, 1.54) is 27.4 Å². The Hall–Kier alpha value is -1.88. The van der Waals surface area contributed by atoms with Gasteiger partial charge in [0.15, 0.2) is 0 Å². The number of carbonyl (C=O) groups is 1. The Morgan fingerprint density at radius 3 is 2.24 bits per heavy atom. The third-order valence-electron chi connectivity index (χ3n) is 4.34. The molecule has 1 aliphatic heterocycles. The molecule has 3 rings (SSSR count). The number of amides is 1. The zero-order valence-corrected chi connectivity index (χ0v) is 17.0. The Balaban J connectivity index is 1.70. The fourth-order valence-electron chi connectivity index (χ4n) is 2.82. The Morgan fingerprint density at radius 1 is 1.03 bits per heavy atom. The molecule has 0 N–H and O–H groups in total. The van der Waals surface area contributed by atoms with Gasteiger partial charge in [-0.25, -0.2) is 8.42 Å². The second-order valence-corrected chi connectivity index (χ2v) is 8.95. The molecule has 0 bridgehead atoms. The SMILES string of the molecule is O=C(c1ccc(C(F)(F)F)nc1)N1CCN(S(=O)(=O)c2cc(Cl)ccc2Cl)CC1. The number of carbonyl (C=O) groups excluding carboxylic acids is 1. The van der Waals surface area contributed by atoms with Crippen LogP contribution in [-0.2, 0) is 16.2 Å². The van der Waals surface area contributed by atoms with Gasteiger partial charge in [-0.15, -0.1) is 0 Å². The topological polar surface area (TPSA) is 70.6 Å². The Labute approximate surface area is 174 Å². The predicted octanol–water partition coefficient (Wildman–Crippen LogP) is 3.55. The molecule has 6 nitrogen and oxygen atoms in total. The van der Waals surface area contributed by atoms with Crippen LogP contribution in [0.25, 0.3) is 0 Å². The van der Waals surface area contributed by atoms with Gasteiger partial charge in [0, 0.05) is 37.4 Å². The Morgan fingerprint density at radius 2 is 1.69 bits per heavy atom. The van der Waals surface area contributed by atoms with Crippen LogP contribution in [0.15, 0.2) is 41.4 Å². The lowest BCUT2D eigenvalue weighted by Crippen LogP contribution is -2.50. The number of nitrogens with zero attached hydrogens (tertiary/aromatic N) is 3. The van der Waals surface area contributed by atoms with Crippen LogP contribution < -0.4 is 0 Å². The minimum atomic E-state index is -4.59. The summed E-state index contributed by atoms with van der Waals surface area (Å²) in [4.78, 5) is 17.0. The van der Waals surface area contributed by atoms with Crippen LogP contribution in [-0.4, -0.2) is 54.7 Å². The molecule has 29 heavy (non-hydrogen) atoms. The lowest BCUT2D eigenvalue weighted by atomic mass is 10.2. The minimum absolute atomic E-state index is 0.00494. The summed E-state index contributed by atoms with van der Waals surface area (Å²) in [5.74, 6) is -0.524. The summed E-state index contributed by atoms with van der Waals surface area (Å²) < 4.78 is 64.5. The number of hydrogen-bond donors (Lipinski definition) is 0. The van der Waals surface area contributed by atoms with Crippen LogP contribution >= 0.6 is 23.2 Å². The zero-order valence-electron chi connectivity index (χ0n) is 14.7. The van der Waals surface area contributed by atoms with Crippen molar-refractivity contribution in [2.75, 3.05) is 26.2 Å². The van der Waals surface area contributed by atoms with Crippen LogP contribution in [0.4, 0.5) is 13.2 Å². The van der Waals surface area contributed by atoms with E-state index in [-0.39, 0.29) is 46.7 Å². The third-order valence-corrected chi connectivity index (χ3v) is 6.95. The van der Waals surface area contributed by atoms with Crippen molar-refractivity contribution in [3.63, 3.8) is 0 Å². The van der Waals surface area contributed by atoms with E-state index in [1.54, 1.807) is 0 Å². The van der Waals surface area contributed by atoms with Crippen molar-refractivity contribution in [2.45, 2.75) is 11.1 Å². The van der Waals surface area contributed by atoms with Crippen molar-refractivity contribution in [3.05, 3.63) is 57.8 Å². The molecule has 2 aromatic rings. The van der Waals surface area contributed by atoms with E-state index < -0.39 is 27.8 Å². The zero-order chi connectivity index (χ0) is 21.4. The van der Waals surface area contributed by atoms with E-state index in [0.29, 0.717) is 0 Å². The maximum atomic E-state index is 12.8. The van der Waals surface area contributed by atoms with Gasteiger partial charge in [-0.3, -0.25) is 9.78 Å². The highest BCUT2D eigenvalue weighted by Gasteiger charge is 2.34. The van der Waals surface area contributed by atoms with Gasteiger partial charge in [-0.2, -0.15) is 17.5 Å². The first kappa shape index (κ1) is 21.8. The lowest BCUT2D eigenvalue weighted by Gasteiger charge is -2.34. The van der Waals surface area contributed by atoms with Crippen LogP contribution in [0.3, 0.4) is 0 Å². The van der Waals surface area contributed by atoms with Crippen molar-refractivity contribution in [2.24, 2.45) is 0 Å². The first-order valence-electron chi connectivity index (χ1n) is 8.28. The second kappa shape index (κ2) is 8.10. The molecule has 0 atom stereocenters. The fourth-order valence-corrected chi connectivity index (χ4v) is 4.98. The molecule has 1 aromatic heterocycles. The third kappa shape index (κ3) is 4.66. The number of aromatic nitrogens is 1. The molecule has 2 heterocycles. The Bertz CT molecular complexity index is 1020. The highest BCUT2D eigenvalue weighted by molar-refractivity contribution is 7.89. The van der Waals surface area contributed by atoms with Crippen molar-refractivity contribution in [3.8, 4) is 0 Å². The normalized spacial score (nSPS) is 16.1. The predicted molar refractivity (Wildman–Crippen MR) is 100 cm³/mol. The molecule has 0 radical (unpaired) electrons. The number of piperazine rings is 1. The average molecular weight is 468 g/mol. The van der Waals surface area contributed by atoms with Crippen molar-refractivity contribution >= 4 is 39.1 Å². The smallest absolute Gasteiger partial charge is 0.336 e. The van der Waals surface area contributed by atoms with E-state index in [9.17, 15) is 26.4 Å². The molecule has 12 heteroatoms. The van der Waals surface area contributed by atoms with Gasteiger partial charge in [0.1, 0.15) is 10.6 Å². The van der Waals surface area contributed by atoms with Gasteiger partial charge >= 0.3 is 6.18 Å². The van der Waals surface area contributed by atoms with Crippen LogP contribution in [0.1, 0.15) is 16.1 Å². The van der Waals surface area contributed by atoms with Crippen molar-refractivity contribution in [1.29, 1.82) is 0 Å². The summed E-state index contributed by atoms with van der Waals surface area (Å²) in [6.07, 6.45) is -3.73. The van der Waals surface area contributed by atoms with Crippen LogP contribution in [0.2, 0.25) is 10.0 Å². The summed E-state index contributed by atoms with van der Waals surface area (Å²) in [6, 6.07) is 5.89. The Kier molecular flexibility index (Phi) is 6.09. The molecule has 1 saturated heterocycles. The molecule has 1 aromatic carbocycles. The van der Waals surface area contributed by atoms with Gasteiger partial charge in [-0.1, -0.05) is 23.2 Å². The number of hydrogen-bond acceptors (Lipinski definition) is 4.